The summed E-state index contributed by atoms with van der Waals surface area (Å²) in [5.41, 5.74) is 3.17. The van der Waals surface area contributed by atoms with E-state index in [1.54, 1.807) is 0 Å². The summed E-state index contributed by atoms with van der Waals surface area (Å²) in [7, 11) is 0. The van der Waals surface area contributed by atoms with E-state index in [9.17, 15) is 9.59 Å². The molecule has 1 N–H and O–H groups in total. The van der Waals surface area contributed by atoms with Crippen molar-refractivity contribution in [1.29, 1.82) is 0 Å². The van der Waals surface area contributed by atoms with Gasteiger partial charge in [0.05, 0.1) is 5.41 Å². The van der Waals surface area contributed by atoms with Crippen LogP contribution in [0.2, 0.25) is 0 Å². The highest BCUT2D eigenvalue weighted by Gasteiger charge is 2.41. The van der Waals surface area contributed by atoms with Gasteiger partial charge in [0.1, 0.15) is 0 Å². The molecule has 2 aliphatic heterocycles. The molecule has 0 aliphatic carbocycles. The minimum absolute atomic E-state index is 0.00759. The molecule has 2 heterocycles. The maximum absolute atomic E-state index is 13.4. The van der Waals surface area contributed by atoms with Gasteiger partial charge in [-0.05, 0) is 61.9 Å². The number of benzene rings is 2. The van der Waals surface area contributed by atoms with Gasteiger partial charge in [0, 0.05) is 37.6 Å². The number of ether oxygens (including phenoxy) is 1. The molecule has 152 valence electrons. The molecule has 0 aromatic heterocycles. The minimum atomic E-state index is -0.574. The summed E-state index contributed by atoms with van der Waals surface area (Å²) >= 11 is 0. The van der Waals surface area contributed by atoms with Gasteiger partial charge in [-0.2, -0.15) is 0 Å². The van der Waals surface area contributed by atoms with E-state index in [0.29, 0.717) is 32.5 Å². The van der Waals surface area contributed by atoms with Crippen molar-refractivity contribution >= 4 is 23.2 Å². The Labute approximate surface area is 172 Å². The average Bonchev–Trinajstić information content (AvgIpc) is 2.76. The topological polar surface area (TPSA) is 58.6 Å². The second-order valence-electron chi connectivity index (χ2n) is 8.02. The number of nitrogens with one attached hydrogen (secondary N) is 1. The number of piperidine rings is 1. The van der Waals surface area contributed by atoms with Crippen molar-refractivity contribution in [2.45, 2.75) is 44.4 Å². The van der Waals surface area contributed by atoms with Gasteiger partial charge in [-0.3, -0.25) is 9.59 Å². The molecule has 0 radical (unpaired) electrons. The Bertz CT molecular complexity index is 888. The Morgan fingerprint density at radius 2 is 1.83 bits per heavy atom. The average molecular weight is 392 g/mol. The number of hydrogen-bond donors (Lipinski definition) is 1. The van der Waals surface area contributed by atoms with Crippen molar-refractivity contribution in [3.63, 3.8) is 0 Å². The van der Waals surface area contributed by atoms with E-state index < -0.39 is 5.41 Å². The zero-order chi connectivity index (χ0) is 20.3. The fraction of sp³-hybridized carbons (Fsp3) is 0.417. The van der Waals surface area contributed by atoms with Gasteiger partial charge in [-0.15, -0.1) is 0 Å². The number of hydrogen-bond acceptors (Lipinski definition) is 3. The second-order valence-corrected chi connectivity index (χ2v) is 8.02. The van der Waals surface area contributed by atoms with E-state index in [0.717, 1.165) is 41.9 Å². The maximum atomic E-state index is 13.4. The predicted molar refractivity (Wildman–Crippen MR) is 114 cm³/mol. The third kappa shape index (κ3) is 3.92. The summed E-state index contributed by atoms with van der Waals surface area (Å²) < 4.78 is 5.54. The molecule has 2 aromatic rings. The van der Waals surface area contributed by atoms with Crippen LogP contribution in [-0.2, 0) is 19.7 Å². The zero-order valence-corrected chi connectivity index (χ0v) is 16.9. The van der Waals surface area contributed by atoms with Gasteiger partial charge in [-0.1, -0.05) is 30.3 Å². The van der Waals surface area contributed by atoms with E-state index in [1.807, 2.05) is 60.4 Å². The number of carbonyl (C=O) groups excluding carboxylic acids is 2. The van der Waals surface area contributed by atoms with E-state index in [4.69, 9.17) is 4.74 Å². The standard InChI is InChI=1S/C24H28N2O3/c1-18-17-20(10-11-21(18)26-14-6-5-9-22(26)27)25-23(28)24(12-15-29-16-13-24)19-7-3-2-4-8-19/h2-4,7-8,10-11,17H,5-6,9,12-16H2,1H3,(H,25,28). The van der Waals surface area contributed by atoms with Crippen LogP contribution in [0, 0.1) is 6.92 Å². The fourth-order valence-electron chi connectivity index (χ4n) is 4.47. The van der Waals surface area contributed by atoms with E-state index in [2.05, 4.69) is 5.32 Å². The van der Waals surface area contributed by atoms with Crippen LogP contribution in [0.1, 0.15) is 43.2 Å². The number of rotatable bonds is 4. The summed E-state index contributed by atoms with van der Waals surface area (Å²) in [6.45, 7) is 3.92. The quantitative estimate of drug-likeness (QED) is 0.848. The molecule has 29 heavy (non-hydrogen) atoms. The summed E-state index contributed by atoms with van der Waals surface area (Å²) in [6, 6.07) is 15.8. The number of nitrogens with zero attached hydrogens (tertiary/aromatic N) is 1. The van der Waals surface area contributed by atoms with Gasteiger partial charge in [-0.25, -0.2) is 0 Å². The molecule has 2 aromatic carbocycles. The minimum Gasteiger partial charge on any atom is -0.381 e. The van der Waals surface area contributed by atoms with Gasteiger partial charge in [0.25, 0.3) is 0 Å². The van der Waals surface area contributed by atoms with Crippen molar-refractivity contribution < 1.29 is 14.3 Å². The van der Waals surface area contributed by atoms with E-state index >= 15 is 0 Å². The molecule has 2 amide bonds. The molecule has 2 saturated heterocycles. The SMILES string of the molecule is Cc1cc(NC(=O)C2(c3ccccc3)CCOCC2)ccc1N1CCCCC1=O. The van der Waals surface area contributed by atoms with Crippen LogP contribution in [-0.4, -0.2) is 31.6 Å². The lowest BCUT2D eigenvalue weighted by atomic mass is 9.73. The Hall–Kier alpha value is -2.66. The van der Waals surface area contributed by atoms with Crippen molar-refractivity contribution in [1.82, 2.24) is 0 Å². The second kappa shape index (κ2) is 8.37. The maximum Gasteiger partial charge on any atom is 0.235 e. The summed E-state index contributed by atoms with van der Waals surface area (Å²) in [4.78, 5) is 27.5. The monoisotopic (exact) mass is 392 g/mol. The first-order valence-electron chi connectivity index (χ1n) is 10.5. The smallest absolute Gasteiger partial charge is 0.235 e. The Kier molecular flexibility index (Phi) is 5.67. The van der Waals surface area contributed by atoms with Gasteiger partial charge >= 0.3 is 0 Å². The summed E-state index contributed by atoms with van der Waals surface area (Å²) in [5.74, 6) is 0.189. The van der Waals surface area contributed by atoms with Crippen LogP contribution in [0.15, 0.2) is 48.5 Å². The van der Waals surface area contributed by atoms with Crippen LogP contribution in [0.4, 0.5) is 11.4 Å². The Balaban J connectivity index is 1.57. The predicted octanol–water partition coefficient (Wildman–Crippen LogP) is 4.20. The Morgan fingerprint density at radius 1 is 1.07 bits per heavy atom. The molecule has 2 aliphatic rings. The van der Waals surface area contributed by atoms with E-state index in [1.165, 1.54) is 0 Å². The molecular formula is C24H28N2O3. The van der Waals surface area contributed by atoms with Crippen LogP contribution >= 0.6 is 0 Å². The zero-order valence-electron chi connectivity index (χ0n) is 16.9. The highest BCUT2D eigenvalue weighted by atomic mass is 16.5. The first-order valence-corrected chi connectivity index (χ1v) is 10.5. The van der Waals surface area contributed by atoms with Gasteiger partial charge in [0.15, 0.2) is 0 Å². The van der Waals surface area contributed by atoms with Gasteiger partial charge < -0.3 is 15.0 Å². The van der Waals surface area contributed by atoms with Crippen molar-refractivity contribution in [3.05, 3.63) is 59.7 Å². The third-order valence-corrected chi connectivity index (χ3v) is 6.18. The lowest BCUT2D eigenvalue weighted by Gasteiger charge is -2.36. The van der Waals surface area contributed by atoms with Crippen LogP contribution in [0.25, 0.3) is 0 Å². The first kappa shape index (κ1) is 19.6. The highest BCUT2D eigenvalue weighted by Crippen LogP contribution is 2.36. The Morgan fingerprint density at radius 3 is 2.52 bits per heavy atom. The lowest BCUT2D eigenvalue weighted by molar-refractivity contribution is -0.125. The van der Waals surface area contributed by atoms with Crippen LogP contribution in [0.5, 0.6) is 0 Å². The lowest BCUT2D eigenvalue weighted by Crippen LogP contribution is -2.44. The van der Waals surface area contributed by atoms with Crippen molar-refractivity contribution in [2.75, 3.05) is 30.0 Å². The van der Waals surface area contributed by atoms with Crippen molar-refractivity contribution in [2.24, 2.45) is 0 Å². The number of amides is 2. The summed E-state index contributed by atoms with van der Waals surface area (Å²) in [6.07, 6.45) is 3.95. The molecule has 0 unspecified atom stereocenters. The normalized spacial score (nSPS) is 19.1. The number of anilines is 2. The fourth-order valence-corrected chi connectivity index (χ4v) is 4.47. The molecule has 5 heteroatoms. The molecule has 2 fully saturated rings. The molecule has 0 bridgehead atoms. The molecule has 0 saturated carbocycles. The molecule has 0 atom stereocenters. The first-order chi connectivity index (χ1) is 14.1. The van der Waals surface area contributed by atoms with Crippen LogP contribution in [0.3, 0.4) is 0 Å². The number of carbonyl (C=O) groups is 2. The number of aryl methyl sites for hydroxylation is 1. The highest BCUT2D eigenvalue weighted by molar-refractivity contribution is 6.00. The molecule has 4 rings (SSSR count). The summed E-state index contributed by atoms with van der Waals surface area (Å²) in [5, 5.41) is 3.14. The van der Waals surface area contributed by atoms with E-state index in [-0.39, 0.29) is 11.8 Å². The third-order valence-electron chi connectivity index (χ3n) is 6.18. The van der Waals surface area contributed by atoms with Crippen molar-refractivity contribution in [3.8, 4) is 0 Å². The largest absolute Gasteiger partial charge is 0.381 e. The molecule has 0 spiro atoms. The van der Waals surface area contributed by atoms with Crippen LogP contribution < -0.4 is 10.2 Å². The van der Waals surface area contributed by atoms with Gasteiger partial charge in [0.2, 0.25) is 11.8 Å². The molecular weight excluding hydrogens is 364 g/mol. The molecule has 5 nitrogen and oxygen atoms in total.